The van der Waals surface area contributed by atoms with E-state index in [9.17, 15) is 9.50 Å². The van der Waals surface area contributed by atoms with E-state index in [1.165, 1.54) is 0 Å². The summed E-state index contributed by atoms with van der Waals surface area (Å²) in [7, 11) is 0. The van der Waals surface area contributed by atoms with Gasteiger partial charge in [0.1, 0.15) is 11.9 Å². The van der Waals surface area contributed by atoms with Crippen LogP contribution in [-0.4, -0.2) is 49.2 Å². The molecule has 0 spiro atoms. The Labute approximate surface area is 167 Å². The minimum atomic E-state index is -1.09. The number of benzene rings is 1. The smallest absolute Gasteiger partial charge is 0.233 e. The Morgan fingerprint density at radius 3 is 2.83 bits per heavy atom. The third kappa shape index (κ3) is 3.13. The van der Waals surface area contributed by atoms with E-state index >= 15 is 0 Å². The van der Waals surface area contributed by atoms with Gasteiger partial charge in [0.25, 0.3) is 0 Å². The lowest BCUT2D eigenvalue weighted by molar-refractivity contribution is -0.0729. The van der Waals surface area contributed by atoms with Gasteiger partial charge in [0.2, 0.25) is 5.88 Å². The van der Waals surface area contributed by atoms with E-state index in [0.717, 1.165) is 25.1 Å². The number of aromatic hydroxyl groups is 1. The lowest BCUT2D eigenvalue weighted by Gasteiger charge is -2.51. The van der Waals surface area contributed by atoms with Gasteiger partial charge in [0.05, 0.1) is 23.2 Å². The maximum absolute atomic E-state index is 14.9. The first-order valence-electron chi connectivity index (χ1n) is 9.75. The standard InChI is InChI=1S/C21H22FN5O2/c1-21-7-6-13(11-24-21)19(20(21)22)29-18-5-4-16(25-26-18)15-3-2-14(10-17(15)28)27-9-8-23-12-27/h2-5,8-10,12-13,19-20,24,28H,6-7,11H2,1H3/t13-,19+,20+,21-/m0/s1. The molecule has 4 heterocycles. The second kappa shape index (κ2) is 6.81. The lowest BCUT2D eigenvalue weighted by atomic mass is 9.70. The van der Waals surface area contributed by atoms with Crippen molar-refractivity contribution < 1.29 is 14.2 Å². The zero-order chi connectivity index (χ0) is 20.0. The largest absolute Gasteiger partial charge is 0.507 e. The van der Waals surface area contributed by atoms with Crippen molar-refractivity contribution in [2.45, 2.75) is 37.6 Å². The monoisotopic (exact) mass is 395 g/mol. The summed E-state index contributed by atoms with van der Waals surface area (Å²) in [4.78, 5) is 4.00. The van der Waals surface area contributed by atoms with Gasteiger partial charge < -0.3 is 19.7 Å². The van der Waals surface area contributed by atoms with Crippen LogP contribution in [-0.2, 0) is 0 Å². The summed E-state index contributed by atoms with van der Waals surface area (Å²) in [6.45, 7) is 2.67. The zero-order valence-electron chi connectivity index (χ0n) is 16.0. The molecule has 4 atom stereocenters. The second-order valence-electron chi connectivity index (χ2n) is 8.01. The maximum Gasteiger partial charge on any atom is 0.233 e. The fourth-order valence-electron chi connectivity index (χ4n) is 4.29. The van der Waals surface area contributed by atoms with Crippen LogP contribution < -0.4 is 10.1 Å². The first kappa shape index (κ1) is 18.1. The molecule has 2 aliphatic heterocycles. The van der Waals surface area contributed by atoms with Crippen LogP contribution >= 0.6 is 0 Å². The fraction of sp³-hybridized carbons (Fsp3) is 0.381. The van der Waals surface area contributed by atoms with Crippen LogP contribution in [0.3, 0.4) is 0 Å². The van der Waals surface area contributed by atoms with Crippen molar-refractivity contribution in [2.24, 2.45) is 5.92 Å². The number of rotatable bonds is 4. The Balaban J connectivity index is 1.34. The molecule has 6 rings (SSSR count). The summed E-state index contributed by atoms with van der Waals surface area (Å²) in [6, 6.07) is 8.69. The molecular weight excluding hydrogens is 373 g/mol. The summed E-state index contributed by atoms with van der Waals surface area (Å²) < 4.78 is 22.6. The number of hydrogen-bond acceptors (Lipinski definition) is 6. The van der Waals surface area contributed by atoms with Crippen LogP contribution in [0.5, 0.6) is 11.6 Å². The molecule has 3 aliphatic rings. The first-order valence-corrected chi connectivity index (χ1v) is 9.75. The molecule has 29 heavy (non-hydrogen) atoms. The molecule has 0 radical (unpaired) electrons. The van der Waals surface area contributed by atoms with Gasteiger partial charge in [-0.1, -0.05) is 0 Å². The van der Waals surface area contributed by atoms with Crippen molar-refractivity contribution in [3.8, 4) is 28.6 Å². The van der Waals surface area contributed by atoms with E-state index in [1.807, 2.05) is 13.0 Å². The van der Waals surface area contributed by atoms with E-state index in [2.05, 4.69) is 20.5 Å². The van der Waals surface area contributed by atoms with Crippen molar-refractivity contribution >= 4 is 0 Å². The Morgan fingerprint density at radius 2 is 2.17 bits per heavy atom. The van der Waals surface area contributed by atoms with Crippen LogP contribution in [0.25, 0.3) is 16.9 Å². The fourth-order valence-corrected chi connectivity index (χ4v) is 4.29. The van der Waals surface area contributed by atoms with E-state index in [-0.39, 0.29) is 11.7 Å². The predicted octanol–water partition coefficient (Wildman–Crippen LogP) is 2.89. The molecule has 0 amide bonds. The summed E-state index contributed by atoms with van der Waals surface area (Å²) in [5, 5.41) is 22.0. The molecule has 3 aromatic rings. The number of fused-ring (bicyclic) bond motifs is 3. The van der Waals surface area contributed by atoms with Gasteiger partial charge in [0.15, 0.2) is 6.17 Å². The van der Waals surface area contributed by atoms with Crippen molar-refractivity contribution in [3.63, 3.8) is 0 Å². The topological polar surface area (TPSA) is 85.1 Å². The number of phenolic OH excluding ortho intramolecular Hbond substituents is 1. The molecule has 1 saturated carbocycles. The molecule has 2 bridgehead atoms. The Bertz CT molecular complexity index is 1000. The minimum absolute atomic E-state index is 0.0894. The molecule has 2 N–H and O–H groups in total. The molecule has 2 saturated heterocycles. The minimum Gasteiger partial charge on any atom is -0.507 e. The number of nitrogens with zero attached hydrogens (tertiary/aromatic N) is 4. The number of ether oxygens (including phenoxy) is 1. The maximum atomic E-state index is 14.9. The van der Waals surface area contributed by atoms with Gasteiger partial charge >= 0.3 is 0 Å². The number of phenols is 1. The van der Waals surface area contributed by atoms with Crippen LogP contribution in [0.4, 0.5) is 4.39 Å². The van der Waals surface area contributed by atoms with E-state index < -0.39 is 17.8 Å². The van der Waals surface area contributed by atoms with Crippen molar-refractivity contribution in [1.82, 2.24) is 25.1 Å². The summed E-state index contributed by atoms with van der Waals surface area (Å²) in [6.07, 6.45) is 5.29. The number of aromatic nitrogens is 4. The van der Waals surface area contributed by atoms with Gasteiger partial charge in [-0.05, 0) is 38.0 Å². The molecule has 7 nitrogen and oxygen atoms in total. The van der Waals surface area contributed by atoms with Crippen LogP contribution in [0.15, 0.2) is 49.1 Å². The first-order chi connectivity index (χ1) is 14.0. The third-order valence-corrected chi connectivity index (χ3v) is 6.12. The number of alkyl halides is 1. The van der Waals surface area contributed by atoms with E-state index in [0.29, 0.717) is 17.1 Å². The molecule has 1 aromatic carbocycles. The molecule has 1 aliphatic carbocycles. The Morgan fingerprint density at radius 1 is 1.28 bits per heavy atom. The third-order valence-electron chi connectivity index (χ3n) is 6.12. The quantitative estimate of drug-likeness (QED) is 0.707. The summed E-state index contributed by atoms with van der Waals surface area (Å²) in [5.74, 6) is 0.520. The van der Waals surface area contributed by atoms with Crippen LogP contribution in [0.1, 0.15) is 19.8 Å². The van der Waals surface area contributed by atoms with Gasteiger partial charge in [-0.15, -0.1) is 10.2 Å². The lowest BCUT2D eigenvalue weighted by Crippen LogP contribution is -2.68. The predicted molar refractivity (Wildman–Crippen MR) is 105 cm³/mol. The molecule has 0 unspecified atom stereocenters. The average molecular weight is 395 g/mol. The zero-order valence-corrected chi connectivity index (χ0v) is 16.0. The SMILES string of the molecule is C[C@@]12CC[C@@H](CN1)[C@@H](Oc1ccc(-c3ccc(-n4ccnc4)cc3O)nn1)[C@H]2F. The molecular formula is C21H22FN5O2. The van der Waals surface area contributed by atoms with E-state index in [1.54, 1.807) is 47.6 Å². The number of imidazole rings is 1. The molecule has 3 fully saturated rings. The average Bonchev–Trinajstić information content (AvgIpc) is 3.27. The number of piperidine rings is 2. The number of hydrogen-bond donors (Lipinski definition) is 2. The van der Waals surface area contributed by atoms with Crippen molar-refractivity contribution in [2.75, 3.05) is 6.54 Å². The van der Waals surface area contributed by atoms with Gasteiger partial charge in [-0.2, -0.15) is 0 Å². The normalized spacial score (nSPS) is 28.4. The van der Waals surface area contributed by atoms with Gasteiger partial charge in [0, 0.05) is 42.6 Å². The Kier molecular flexibility index (Phi) is 4.24. The highest BCUT2D eigenvalue weighted by Gasteiger charge is 2.52. The Hall–Kier alpha value is -3.00. The van der Waals surface area contributed by atoms with Crippen molar-refractivity contribution in [1.29, 1.82) is 0 Å². The second-order valence-corrected chi connectivity index (χ2v) is 8.01. The summed E-state index contributed by atoms with van der Waals surface area (Å²) >= 11 is 0. The number of halogens is 1. The van der Waals surface area contributed by atoms with E-state index in [4.69, 9.17) is 4.74 Å². The summed E-state index contributed by atoms with van der Waals surface area (Å²) in [5.41, 5.74) is 1.34. The van der Waals surface area contributed by atoms with Crippen LogP contribution in [0.2, 0.25) is 0 Å². The van der Waals surface area contributed by atoms with Crippen molar-refractivity contribution in [3.05, 3.63) is 49.1 Å². The highest BCUT2D eigenvalue weighted by Crippen LogP contribution is 2.40. The molecule has 8 heteroatoms. The molecule has 2 aromatic heterocycles. The van der Waals surface area contributed by atoms with Gasteiger partial charge in [-0.3, -0.25) is 0 Å². The molecule has 150 valence electrons. The number of nitrogens with one attached hydrogen (secondary N) is 1. The highest BCUT2D eigenvalue weighted by molar-refractivity contribution is 5.68. The highest BCUT2D eigenvalue weighted by atomic mass is 19.1. The van der Waals surface area contributed by atoms with Crippen LogP contribution in [0, 0.1) is 5.92 Å². The van der Waals surface area contributed by atoms with Gasteiger partial charge in [-0.25, -0.2) is 9.37 Å².